The number of hydrogen-bond acceptors (Lipinski definition) is 2. The third kappa shape index (κ3) is 3.23. The molecule has 1 unspecified atom stereocenters. The minimum Gasteiger partial charge on any atom is -0.508 e. The van der Waals surface area contributed by atoms with E-state index >= 15 is 0 Å². The number of aryl methyl sites for hydroxylation is 1. The average Bonchev–Trinajstić information content (AvgIpc) is 2.17. The van der Waals surface area contributed by atoms with E-state index in [1.807, 2.05) is 6.92 Å². The zero-order valence-electron chi connectivity index (χ0n) is 8.75. The lowest BCUT2D eigenvalue weighted by Gasteiger charge is -2.12. The number of nitrogens with one attached hydrogen (secondary N) is 1. The molecule has 1 aromatic rings. The van der Waals surface area contributed by atoms with Crippen molar-refractivity contribution in [2.75, 3.05) is 5.33 Å². The molecule has 0 fully saturated rings. The molecule has 3 nitrogen and oxygen atoms in total. The lowest BCUT2D eigenvalue weighted by atomic mass is 10.1. The summed E-state index contributed by atoms with van der Waals surface area (Å²) in [6.07, 6.45) is 0. The van der Waals surface area contributed by atoms with Gasteiger partial charge in [-0.3, -0.25) is 4.79 Å². The zero-order chi connectivity index (χ0) is 11.4. The first-order chi connectivity index (χ1) is 7.04. The van der Waals surface area contributed by atoms with E-state index in [0.29, 0.717) is 5.56 Å². The monoisotopic (exact) mass is 271 g/mol. The molecule has 15 heavy (non-hydrogen) atoms. The highest BCUT2D eigenvalue weighted by Crippen LogP contribution is 2.15. The van der Waals surface area contributed by atoms with Crippen molar-refractivity contribution in [2.24, 2.45) is 0 Å². The van der Waals surface area contributed by atoms with Gasteiger partial charge in [0.15, 0.2) is 0 Å². The number of hydrogen-bond donors (Lipinski definition) is 2. The lowest BCUT2D eigenvalue weighted by Crippen LogP contribution is -2.33. The van der Waals surface area contributed by atoms with Gasteiger partial charge in [0.2, 0.25) is 0 Å². The van der Waals surface area contributed by atoms with E-state index in [0.717, 1.165) is 10.9 Å². The molecule has 0 bridgehead atoms. The Hall–Kier alpha value is -1.03. The van der Waals surface area contributed by atoms with E-state index in [4.69, 9.17) is 0 Å². The maximum Gasteiger partial charge on any atom is 0.251 e. The molecular weight excluding hydrogens is 258 g/mol. The van der Waals surface area contributed by atoms with Crippen molar-refractivity contribution in [1.29, 1.82) is 0 Å². The maximum absolute atomic E-state index is 11.7. The molecule has 1 rings (SSSR count). The van der Waals surface area contributed by atoms with Crippen molar-refractivity contribution < 1.29 is 9.90 Å². The molecule has 0 spiro atoms. The summed E-state index contributed by atoms with van der Waals surface area (Å²) in [5, 5.41) is 12.8. The number of amides is 1. The van der Waals surface area contributed by atoms with Crippen LogP contribution >= 0.6 is 15.9 Å². The molecule has 0 aliphatic rings. The van der Waals surface area contributed by atoms with Crippen LogP contribution in [0.15, 0.2) is 18.2 Å². The second-order valence-corrected chi connectivity index (χ2v) is 4.18. The van der Waals surface area contributed by atoms with Gasteiger partial charge in [0.1, 0.15) is 5.75 Å². The third-order valence-corrected chi connectivity index (χ3v) is 3.03. The van der Waals surface area contributed by atoms with Gasteiger partial charge in [0, 0.05) is 16.9 Å². The van der Waals surface area contributed by atoms with Gasteiger partial charge in [0.25, 0.3) is 5.91 Å². The summed E-state index contributed by atoms with van der Waals surface area (Å²) < 4.78 is 0. The fraction of sp³-hybridized carbons (Fsp3) is 0.364. The number of benzene rings is 1. The van der Waals surface area contributed by atoms with Crippen molar-refractivity contribution in [2.45, 2.75) is 19.9 Å². The molecule has 0 saturated carbocycles. The Morgan fingerprint density at radius 2 is 2.27 bits per heavy atom. The van der Waals surface area contributed by atoms with Crippen molar-refractivity contribution in [3.8, 4) is 5.75 Å². The third-order valence-electron chi connectivity index (χ3n) is 2.06. The number of carbonyl (C=O) groups excluding carboxylic acids is 1. The number of rotatable bonds is 3. The van der Waals surface area contributed by atoms with Crippen molar-refractivity contribution in [1.82, 2.24) is 5.32 Å². The smallest absolute Gasteiger partial charge is 0.251 e. The highest BCUT2D eigenvalue weighted by molar-refractivity contribution is 9.09. The van der Waals surface area contributed by atoms with Gasteiger partial charge < -0.3 is 10.4 Å². The Morgan fingerprint density at radius 3 is 2.80 bits per heavy atom. The molecule has 0 aromatic heterocycles. The Labute approximate surface area is 97.6 Å². The summed E-state index contributed by atoms with van der Waals surface area (Å²) >= 11 is 3.29. The van der Waals surface area contributed by atoms with Crippen molar-refractivity contribution >= 4 is 21.8 Å². The number of phenolic OH excluding ortho intramolecular Hbond substituents is 1. The van der Waals surface area contributed by atoms with Gasteiger partial charge in [-0.1, -0.05) is 15.9 Å². The summed E-state index contributed by atoms with van der Waals surface area (Å²) in [6.45, 7) is 3.72. The fourth-order valence-electron chi connectivity index (χ4n) is 1.24. The van der Waals surface area contributed by atoms with Crippen LogP contribution in [0.4, 0.5) is 0 Å². The largest absolute Gasteiger partial charge is 0.508 e. The van der Waals surface area contributed by atoms with Crippen molar-refractivity contribution in [3.05, 3.63) is 29.3 Å². The van der Waals surface area contributed by atoms with Crippen LogP contribution in [0.5, 0.6) is 5.75 Å². The first-order valence-electron chi connectivity index (χ1n) is 4.71. The predicted molar refractivity (Wildman–Crippen MR) is 63.6 cm³/mol. The summed E-state index contributed by atoms with van der Waals surface area (Å²) in [7, 11) is 0. The van der Waals surface area contributed by atoms with Gasteiger partial charge in [0.05, 0.1) is 0 Å². The molecule has 0 aliphatic heterocycles. The van der Waals surface area contributed by atoms with Gasteiger partial charge in [-0.05, 0) is 37.6 Å². The SMILES string of the molecule is Cc1cc(O)ccc1C(=O)NC(C)CBr. The van der Waals surface area contributed by atoms with Crippen LogP contribution in [-0.4, -0.2) is 22.4 Å². The van der Waals surface area contributed by atoms with E-state index in [-0.39, 0.29) is 17.7 Å². The maximum atomic E-state index is 11.7. The van der Waals surface area contributed by atoms with Crippen LogP contribution in [0.3, 0.4) is 0 Å². The van der Waals surface area contributed by atoms with Gasteiger partial charge in [-0.2, -0.15) is 0 Å². The highest BCUT2D eigenvalue weighted by Gasteiger charge is 2.11. The molecule has 1 atom stereocenters. The standard InChI is InChI=1S/C11H14BrNO2/c1-7-5-9(14)3-4-10(7)11(15)13-8(2)6-12/h3-5,8,14H,6H2,1-2H3,(H,13,15). The van der Waals surface area contributed by atoms with E-state index in [2.05, 4.69) is 21.2 Å². The van der Waals surface area contributed by atoms with Crippen LogP contribution in [0, 0.1) is 6.92 Å². The molecule has 82 valence electrons. The van der Waals surface area contributed by atoms with E-state index in [9.17, 15) is 9.90 Å². The normalized spacial score (nSPS) is 12.2. The van der Waals surface area contributed by atoms with Crippen molar-refractivity contribution in [3.63, 3.8) is 0 Å². The van der Waals surface area contributed by atoms with E-state index < -0.39 is 0 Å². The number of phenols is 1. The molecule has 1 amide bonds. The quantitative estimate of drug-likeness (QED) is 0.829. The fourth-order valence-corrected chi connectivity index (χ4v) is 1.40. The van der Waals surface area contributed by atoms with Crippen LogP contribution in [0.2, 0.25) is 0 Å². The highest BCUT2D eigenvalue weighted by atomic mass is 79.9. The molecule has 0 saturated heterocycles. The second kappa shape index (κ2) is 5.16. The number of carbonyl (C=O) groups is 1. The van der Waals surface area contributed by atoms with Crippen LogP contribution in [0.25, 0.3) is 0 Å². The first kappa shape index (κ1) is 12.0. The molecule has 1 aromatic carbocycles. The van der Waals surface area contributed by atoms with Gasteiger partial charge in [-0.15, -0.1) is 0 Å². The van der Waals surface area contributed by atoms with Crippen LogP contribution < -0.4 is 5.32 Å². The molecular formula is C11H14BrNO2. The van der Waals surface area contributed by atoms with E-state index in [1.54, 1.807) is 19.1 Å². The van der Waals surface area contributed by atoms with E-state index in [1.165, 1.54) is 6.07 Å². The lowest BCUT2D eigenvalue weighted by molar-refractivity contribution is 0.0943. The molecule has 4 heteroatoms. The van der Waals surface area contributed by atoms with Crippen LogP contribution in [-0.2, 0) is 0 Å². The molecule has 0 radical (unpaired) electrons. The minimum absolute atomic E-state index is 0.0886. The first-order valence-corrected chi connectivity index (χ1v) is 5.83. The van der Waals surface area contributed by atoms with Gasteiger partial charge >= 0.3 is 0 Å². The minimum atomic E-state index is -0.112. The summed E-state index contributed by atoms with van der Waals surface area (Å²) in [5.41, 5.74) is 1.37. The molecule has 2 N–H and O–H groups in total. The second-order valence-electron chi connectivity index (χ2n) is 3.53. The Morgan fingerprint density at radius 1 is 1.60 bits per heavy atom. The summed E-state index contributed by atoms with van der Waals surface area (Å²) in [4.78, 5) is 11.7. The topological polar surface area (TPSA) is 49.3 Å². The molecule has 0 aliphatic carbocycles. The Kier molecular flexibility index (Phi) is 4.15. The van der Waals surface area contributed by atoms with Crippen LogP contribution in [0.1, 0.15) is 22.8 Å². The Bertz CT molecular complexity index is 366. The number of aromatic hydroxyl groups is 1. The average molecular weight is 272 g/mol. The summed E-state index contributed by atoms with van der Waals surface area (Å²) in [6, 6.07) is 4.81. The molecule has 0 heterocycles. The van der Waals surface area contributed by atoms with Gasteiger partial charge in [-0.25, -0.2) is 0 Å². The number of halogens is 1. The Balaban J connectivity index is 2.82. The number of alkyl halides is 1. The zero-order valence-corrected chi connectivity index (χ0v) is 10.3. The summed E-state index contributed by atoms with van der Waals surface area (Å²) in [5.74, 6) is 0.0667. The predicted octanol–water partition coefficient (Wildman–Crippen LogP) is 2.21.